The van der Waals surface area contributed by atoms with E-state index in [2.05, 4.69) is 9.97 Å². The summed E-state index contributed by atoms with van der Waals surface area (Å²) < 4.78 is 1.67. The van der Waals surface area contributed by atoms with Crippen LogP contribution in [-0.4, -0.2) is 14.5 Å². The van der Waals surface area contributed by atoms with Crippen LogP contribution in [0.5, 0.6) is 0 Å². The van der Waals surface area contributed by atoms with Crippen LogP contribution in [0.1, 0.15) is 10.6 Å². The monoisotopic (exact) mass is 283 g/mol. The summed E-state index contributed by atoms with van der Waals surface area (Å²) in [5.74, 6) is 0. The highest BCUT2D eigenvalue weighted by atomic mass is 32.1. The number of aryl methyl sites for hydroxylation is 1. The lowest BCUT2D eigenvalue weighted by Gasteiger charge is -2.02. The zero-order valence-corrected chi connectivity index (χ0v) is 11.8. The normalized spacial score (nSPS) is 10.7. The zero-order valence-electron chi connectivity index (χ0n) is 11.0. The van der Waals surface area contributed by atoms with Gasteiger partial charge < -0.3 is 4.57 Å². The van der Waals surface area contributed by atoms with Gasteiger partial charge in [0.05, 0.1) is 12.2 Å². The highest BCUT2D eigenvalue weighted by Gasteiger charge is 2.05. The first-order valence-electron chi connectivity index (χ1n) is 6.24. The molecule has 0 aliphatic heterocycles. The lowest BCUT2D eigenvalue weighted by atomic mass is 10.2. The molecule has 0 spiro atoms. The fourth-order valence-corrected chi connectivity index (χ4v) is 2.72. The molecule has 0 aromatic carbocycles. The second-order valence-electron chi connectivity index (χ2n) is 4.53. The summed E-state index contributed by atoms with van der Waals surface area (Å²) in [4.78, 5) is 20.4. The molecular weight excluding hydrogens is 270 g/mol. The third-order valence-electron chi connectivity index (χ3n) is 2.99. The van der Waals surface area contributed by atoms with Gasteiger partial charge in [-0.25, -0.2) is 4.98 Å². The van der Waals surface area contributed by atoms with Crippen LogP contribution in [0, 0.1) is 6.92 Å². The summed E-state index contributed by atoms with van der Waals surface area (Å²) >= 11 is 1.56. The van der Waals surface area contributed by atoms with Gasteiger partial charge in [0.2, 0.25) is 0 Å². The predicted octanol–water partition coefficient (Wildman–Crippen LogP) is 2.72. The number of nitrogens with zero attached hydrogens (tertiary/aromatic N) is 3. The average molecular weight is 283 g/mol. The van der Waals surface area contributed by atoms with Gasteiger partial charge in [-0.05, 0) is 30.7 Å². The topological polar surface area (TPSA) is 47.8 Å². The van der Waals surface area contributed by atoms with Gasteiger partial charge in [0.15, 0.2) is 0 Å². The van der Waals surface area contributed by atoms with E-state index in [0.29, 0.717) is 6.54 Å². The standard InChI is InChI=1S/C15H13N3OS/c1-11-4-7-18(15(19)8-11)9-14-17-13(10-20-14)12-2-5-16-6-3-12/h2-8,10H,9H2,1H3. The van der Waals surface area contributed by atoms with Crippen molar-refractivity contribution in [1.29, 1.82) is 0 Å². The van der Waals surface area contributed by atoms with Crippen LogP contribution in [0.4, 0.5) is 0 Å². The second kappa shape index (κ2) is 5.38. The van der Waals surface area contributed by atoms with Crippen molar-refractivity contribution in [3.63, 3.8) is 0 Å². The Morgan fingerprint density at radius 2 is 2.05 bits per heavy atom. The van der Waals surface area contributed by atoms with E-state index in [1.807, 2.05) is 36.7 Å². The summed E-state index contributed by atoms with van der Waals surface area (Å²) in [7, 11) is 0. The average Bonchev–Trinajstić information content (AvgIpc) is 2.92. The van der Waals surface area contributed by atoms with E-state index in [9.17, 15) is 4.79 Å². The van der Waals surface area contributed by atoms with Gasteiger partial charge in [-0.3, -0.25) is 9.78 Å². The molecule has 0 N–H and O–H groups in total. The van der Waals surface area contributed by atoms with Crippen molar-refractivity contribution >= 4 is 11.3 Å². The molecule has 0 saturated carbocycles. The van der Waals surface area contributed by atoms with Crippen LogP contribution in [0.2, 0.25) is 0 Å². The molecular formula is C15H13N3OS. The fraction of sp³-hybridized carbons (Fsp3) is 0.133. The maximum Gasteiger partial charge on any atom is 0.251 e. The molecule has 3 rings (SSSR count). The summed E-state index contributed by atoms with van der Waals surface area (Å²) in [6.45, 7) is 2.42. The van der Waals surface area contributed by atoms with Gasteiger partial charge >= 0.3 is 0 Å². The lowest BCUT2D eigenvalue weighted by molar-refractivity contribution is 0.752. The highest BCUT2D eigenvalue weighted by molar-refractivity contribution is 7.09. The van der Waals surface area contributed by atoms with Crippen molar-refractivity contribution < 1.29 is 0 Å². The Labute approximate surface area is 120 Å². The summed E-state index contributed by atoms with van der Waals surface area (Å²) in [5.41, 5.74) is 2.94. The van der Waals surface area contributed by atoms with E-state index >= 15 is 0 Å². The maximum atomic E-state index is 11.9. The van der Waals surface area contributed by atoms with Gasteiger partial charge in [0.25, 0.3) is 5.56 Å². The highest BCUT2D eigenvalue weighted by Crippen LogP contribution is 2.21. The molecule has 0 amide bonds. The SMILES string of the molecule is Cc1ccn(Cc2nc(-c3ccncc3)cs2)c(=O)c1. The van der Waals surface area contributed by atoms with Gasteiger partial charge in [0.1, 0.15) is 5.01 Å². The van der Waals surface area contributed by atoms with Crippen molar-refractivity contribution in [3.05, 3.63) is 69.2 Å². The smallest absolute Gasteiger partial charge is 0.251 e. The number of pyridine rings is 2. The molecule has 5 heteroatoms. The molecule has 0 radical (unpaired) electrons. The molecule has 4 nitrogen and oxygen atoms in total. The first kappa shape index (κ1) is 12.7. The zero-order chi connectivity index (χ0) is 13.9. The molecule has 0 bridgehead atoms. The molecule has 0 atom stereocenters. The molecule has 20 heavy (non-hydrogen) atoms. The minimum Gasteiger partial charge on any atom is -0.309 e. The van der Waals surface area contributed by atoms with Crippen molar-refractivity contribution in [2.24, 2.45) is 0 Å². The van der Waals surface area contributed by atoms with Crippen molar-refractivity contribution in [3.8, 4) is 11.3 Å². The van der Waals surface area contributed by atoms with Crippen molar-refractivity contribution in [2.45, 2.75) is 13.5 Å². The first-order valence-corrected chi connectivity index (χ1v) is 7.12. The van der Waals surface area contributed by atoms with Gasteiger partial charge in [-0.15, -0.1) is 11.3 Å². The molecule has 0 unspecified atom stereocenters. The minimum absolute atomic E-state index is 0.00524. The van der Waals surface area contributed by atoms with Gasteiger partial charge in [0, 0.05) is 35.6 Å². The largest absolute Gasteiger partial charge is 0.309 e. The van der Waals surface area contributed by atoms with E-state index in [4.69, 9.17) is 0 Å². The molecule has 100 valence electrons. The van der Waals surface area contributed by atoms with Crippen LogP contribution in [0.3, 0.4) is 0 Å². The second-order valence-corrected chi connectivity index (χ2v) is 5.48. The van der Waals surface area contributed by atoms with E-state index in [1.165, 1.54) is 0 Å². The van der Waals surface area contributed by atoms with Crippen LogP contribution in [0.25, 0.3) is 11.3 Å². The Morgan fingerprint density at radius 1 is 1.25 bits per heavy atom. The number of rotatable bonds is 3. The van der Waals surface area contributed by atoms with Crippen molar-refractivity contribution in [2.75, 3.05) is 0 Å². The molecule has 3 aromatic heterocycles. The minimum atomic E-state index is 0.00524. The number of aromatic nitrogens is 3. The summed E-state index contributed by atoms with van der Waals surface area (Å²) in [6.07, 6.45) is 5.31. The molecule has 0 aliphatic rings. The van der Waals surface area contributed by atoms with E-state index < -0.39 is 0 Å². The van der Waals surface area contributed by atoms with E-state index in [-0.39, 0.29) is 5.56 Å². The van der Waals surface area contributed by atoms with Crippen molar-refractivity contribution in [1.82, 2.24) is 14.5 Å². The third kappa shape index (κ3) is 2.67. The Kier molecular flexibility index (Phi) is 3.43. The number of thiazole rings is 1. The van der Waals surface area contributed by atoms with Crippen LogP contribution >= 0.6 is 11.3 Å². The van der Waals surface area contributed by atoms with Gasteiger partial charge in [-0.1, -0.05) is 0 Å². The first-order chi connectivity index (χ1) is 9.72. The van der Waals surface area contributed by atoms with Crippen LogP contribution in [-0.2, 0) is 6.54 Å². The Balaban J connectivity index is 1.86. The number of hydrogen-bond acceptors (Lipinski definition) is 4. The molecule has 3 heterocycles. The Hall–Kier alpha value is -2.27. The third-order valence-corrected chi connectivity index (χ3v) is 3.82. The maximum absolute atomic E-state index is 11.9. The molecule has 3 aromatic rings. The quantitative estimate of drug-likeness (QED) is 0.742. The summed E-state index contributed by atoms with van der Waals surface area (Å²) in [6, 6.07) is 7.42. The molecule has 0 fully saturated rings. The van der Waals surface area contributed by atoms with Crippen LogP contribution < -0.4 is 5.56 Å². The van der Waals surface area contributed by atoms with E-state index in [1.54, 1.807) is 34.4 Å². The lowest BCUT2D eigenvalue weighted by Crippen LogP contribution is -2.19. The summed E-state index contributed by atoms with van der Waals surface area (Å²) in [5, 5.41) is 2.92. The predicted molar refractivity (Wildman–Crippen MR) is 79.9 cm³/mol. The molecule has 0 saturated heterocycles. The Bertz CT molecular complexity index is 777. The van der Waals surface area contributed by atoms with Gasteiger partial charge in [-0.2, -0.15) is 0 Å². The molecule has 0 aliphatic carbocycles. The fourth-order valence-electron chi connectivity index (χ4n) is 1.92. The van der Waals surface area contributed by atoms with E-state index in [0.717, 1.165) is 21.8 Å². The number of hydrogen-bond donors (Lipinski definition) is 0. The van der Waals surface area contributed by atoms with Crippen LogP contribution in [0.15, 0.2) is 53.0 Å². The Morgan fingerprint density at radius 3 is 2.80 bits per heavy atom.